The summed E-state index contributed by atoms with van der Waals surface area (Å²) in [6.45, 7) is 13.4. The molecule has 0 N–H and O–H groups in total. The van der Waals surface area contributed by atoms with Crippen LogP contribution in [0.3, 0.4) is 0 Å². The first-order valence-corrected chi connectivity index (χ1v) is 17.9. The van der Waals surface area contributed by atoms with Gasteiger partial charge in [0.2, 0.25) is 0 Å². The Bertz CT molecular complexity index is 704. The van der Waals surface area contributed by atoms with E-state index in [1.54, 1.807) is 0 Å². The van der Waals surface area contributed by atoms with Crippen molar-refractivity contribution in [3.05, 3.63) is 58.7 Å². The summed E-state index contributed by atoms with van der Waals surface area (Å²) in [6, 6.07) is 13.0. The van der Waals surface area contributed by atoms with E-state index in [-0.39, 0.29) is 0 Å². The SMILES string of the molecule is CCC[CH2][Sn]([CH2]CCC)([O]c1cccc(C)c1CC)[O]c1cccc(C)c1CC. The van der Waals surface area contributed by atoms with E-state index in [4.69, 9.17) is 6.15 Å². The molecule has 0 fully saturated rings. The molecule has 2 rings (SSSR count). The Hall–Kier alpha value is -1.16. The van der Waals surface area contributed by atoms with Crippen molar-refractivity contribution < 1.29 is 6.15 Å². The van der Waals surface area contributed by atoms with Gasteiger partial charge in [-0.15, -0.1) is 0 Å². The van der Waals surface area contributed by atoms with E-state index in [1.807, 2.05) is 0 Å². The molecule has 0 atom stereocenters. The zero-order valence-corrected chi connectivity index (χ0v) is 22.3. The molecule has 0 bridgehead atoms. The van der Waals surface area contributed by atoms with Crippen LogP contribution in [0, 0.1) is 13.8 Å². The van der Waals surface area contributed by atoms with E-state index in [2.05, 4.69) is 77.9 Å². The minimum atomic E-state index is -3.40. The molecule has 29 heavy (non-hydrogen) atoms. The van der Waals surface area contributed by atoms with Crippen LogP contribution in [0.4, 0.5) is 0 Å². The Kier molecular flexibility index (Phi) is 9.88. The maximum atomic E-state index is 7.04. The second-order valence-electron chi connectivity index (χ2n) is 8.13. The number of hydrogen-bond donors (Lipinski definition) is 0. The predicted molar refractivity (Wildman–Crippen MR) is 128 cm³/mol. The molecule has 0 amide bonds. The molecule has 2 aromatic rings. The third-order valence-electron chi connectivity index (χ3n) is 5.86. The van der Waals surface area contributed by atoms with Gasteiger partial charge in [-0.05, 0) is 0 Å². The van der Waals surface area contributed by atoms with E-state index in [9.17, 15) is 0 Å². The summed E-state index contributed by atoms with van der Waals surface area (Å²) < 4.78 is 16.3. The van der Waals surface area contributed by atoms with Gasteiger partial charge in [-0.25, -0.2) is 0 Å². The van der Waals surface area contributed by atoms with Crippen molar-refractivity contribution in [2.24, 2.45) is 0 Å². The van der Waals surface area contributed by atoms with Crippen molar-refractivity contribution >= 4 is 19.2 Å². The van der Waals surface area contributed by atoms with Crippen LogP contribution < -0.4 is 6.15 Å². The van der Waals surface area contributed by atoms with Crippen LogP contribution in [0.5, 0.6) is 11.5 Å². The summed E-state index contributed by atoms with van der Waals surface area (Å²) in [6.07, 6.45) is 6.72. The first kappa shape index (κ1) is 24.1. The molecule has 0 saturated carbocycles. The van der Waals surface area contributed by atoms with Gasteiger partial charge < -0.3 is 0 Å². The fourth-order valence-electron chi connectivity index (χ4n) is 4.09. The van der Waals surface area contributed by atoms with Gasteiger partial charge in [-0.3, -0.25) is 0 Å². The second kappa shape index (κ2) is 11.9. The number of rotatable bonds is 12. The first-order chi connectivity index (χ1) is 14.0. The van der Waals surface area contributed by atoms with Gasteiger partial charge in [-0.2, -0.15) is 0 Å². The fraction of sp³-hybridized carbons (Fsp3) is 0.538. The quantitative estimate of drug-likeness (QED) is 0.274. The van der Waals surface area contributed by atoms with Crippen molar-refractivity contribution in [2.45, 2.75) is 88.9 Å². The molecule has 0 aliphatic carbocycles. The molecule has 0 aromatic heterocycles. The summed E-state index contributed by atoms with van der Waals surface area (Å²) in [4.78, 5) is 0. The number of aryl methyl sites for hydroxylation is 2. The Balaban J connectivity index is 2.50. The maximum absolute atomic E-state index is 7.04. The molecule has 2 aromatic carbocycles. The normalized spacial score (nSPS) is 11.5. The number of benzene rings is 2. The Morgan fingerprint density at radius 3 is 1.41 bits per heavy atom. The molecule has 0 unspecified atom stereocenters. The van der Waals surface area contributed by atoms with Crippen LogP contribution in [0.15, 0.2) is 36.4 Å². The average molecular weight is 503 g/mol. The zero-order valence-electron chi connectivity index (χ0n) is 19.4. The standard InChI is InChI=1S/2C9H12O.2C4H9.Sn/c2*1-3-8-7(2)5-4-6-9(8)10;2*1-3-4-2;/h2*4-6,10H,3H2,1-2H3;2*1,3-4H2,2H3;/q;;;;+2/p-2. The Morgan fingerprint density at radius 1 is 0.655 bits per heavy atom. The van der Waals surface area contributed by atoms with Crippen LogP contribution in [0.2, 0.25) is 8.87 Å². The van der Waals surface area contributed by atoms with Crippen LogP contribution in [0.1, 0.15) is 75.6 Å². The van der Waals surface area contributed by atoms with E-state index in [1.165, 1.54) is 47.9 Å². The van der Waals surface area contributed by atoms with Crippen LogP contribution in [0.25, 0.3) is 0 Å². The van der Waals surface area contributed by atoms with E-state index < -0.39 is 19.2 Å². The van der Waals surface area contributed by atoms with E-state index in [0.29, 0.717) is 0 Å². The fourth-order valence-corrected chi connectivity index (χ4v) is 14.6. The molecule has 0 heterocycles. The van der Waals surface area contributed by atoms with Gasteiger partial charge in [-0.1, -0.05) is 0 Å². The monoisotopic (exact) mass is 504 g/mol. The van der Waals surface area contributed by atoms with Crippen LogP contribution >= 0.6 is 0 Å². The van der Waals surface area contributed by atoms with Crippen molar-refractivity contribution in [2.75, 3.05) is 0 Å². The average Bonchev–Trinajstić information content (AvgIpc) is 2.71. The molecular weight excluding hydrogens is 463 g/mol. The first-order valence-electron chi connectivity index (χ1n) is 11.5. The van der Waals surface area contributed by atoms with Crippen molar-refractivity contribution in [3.8, 4) is 11.5 Å². The summed E-state index contributed by atoms with van der Waals surface area (Å²) in [5.74, 6) is 2.14. The predicted octanol–water partition coefficient (Wildman–Crippen LogP) is 7.93. The van der Waals surface area contributed by atoms with Crippen molar-refractivity contribution in [3.63, 3.8) is 0 Å². The Labute approximate surface area is 184 Å². The number of hydrogen-bond acceptors (Lipinski definition) is 2. The molecule has 0 aliphatic heterocycles. The number of unbranched alkanes of at least 4 members (excludes halogenated alkanes) is 2. The second-order valence-corrected chi connectivity index (χ2v) is 17.3. The summed E-state index contributed by atoms with van der Waals surface area (Å²) >= 11 is -3.40. The molecule has 160 valence electrons. The molecular formula is C26H40O2Sn. The van der Waals surface area contributed by atoms with Gasteiger partial charge in [0, 0.05) is 0 Å². The van der Waals surface area contributed by atoms with E-state index in [0.717, 1.165) is 33.2 Å². The molecule has 0 radical (unpaired) electrons. The van der Waals surface area contributed by atoms with Gasteiger partial charge in [0.15, 0.2) is 0 Å². The van der Waals surface area contributed by atoms with Gasteiger partial charge >= 0.3 is 184 Å². The molecule has 3 heteroatoms. The van der Waals surface area contributed by atoms with Crippen molar-refractivity contribution in [1.29, 1.82) is 0 Å². The van der Waals surface area contributed by atoms with Gasteiger partial charge in [0.1, 0.15) is 0 Å². The summed E-state index contributed by atoms with van der Waals surface area (Å²) in [7, 11) is 0. The Morgan fingerprint density at radius 2 is 1.07 bits per heavy atom. The third-order valence-corrected chi connectivity index (χ3v) is 15.6. The third kappa shape index (κ3) is 6.41. The minimum absolute atomic E-state index is 0.996. The van der Waals surface area contributed by atoms with Gasteiger partial charge in [0.25, 0.3) is 0 Å². The topological polar surface area (TPSA) is 18.5 Å². The van der Waals surface area contributed by atoms with Crippen LogP contribution in [-0.4, -0.2) is 19.2 Å². The molecule has 0 spiro atoms. The van der Waals surface area contributed by atoms with Crippen molar-refractivity contribution in [1.82, 2.24) is 0 Å². The molecule has 0 aliphatic rings. The van der Waals surface area contributed by atoms with E-state index >= 15 is 0 Å². The summed E-state index contributed by atoms with van der Waals surface area (Å²) in [5, 5.41) is 0. The molecule has 2 nitrogen and oxygen atoms in total. The van der Waals surface area contributed by atoms with Gasteiger partial charge in [0.05, 0.1) is 0 Å². The summed E-state index contributed by atoms with van der Waals surface area (Å²) in [5.41, 5.74) is 5.32. The van der Waals surface area contributed by atoms with Crippen LogP contribution in [-0.2, 0) is 12.8 Å². The molecule has 0 saturated heterocycles. The zero-order chi connectivity index (χ0) is 21.3.